The number of rotatable bonds is 51. The average Bonchev–Trinajstić information content (AvgIpc) is 3.29. The molecule has 6 N–H and O–H groups in total. The molecule has 1 atom stereocenters. The average molecular weight is 1070 g/mol. The number of carbonyl (C=O) groups excluding carboxylic acids is 5. The van der Waals surface area contributed by atoms with Gasteiger partial charge in [-0.25, -0.2) is 0 Å². The van der Waals surface area contributed by atoms with Crippen LogP contribution in [0.1, 0.15) is 143 Å². The van der Waals surface area contributed by atoms with Gasteiger partial charge < -0.3 is 64.0 Å². The second-order valence-corrected chi connectivity index (χ2v) is 21.2. The van der Waals surface area contributed by atoms with E-state index < -0.39 is 33.5 Å². The second kappa shape index (κ2) is 44.7. The summed E-state index contributed by atoms with van der Waals surface area (Å²) in [6.07, 6.45) is 15.9. The van der Waals surface area contributed by atoms with Gasteiger partial charge in [0, 0.05) is 38.4 Å². The number of quaternary nitrogens is 1. The highest BCUT2D eigenvalue weighted by Gasteiger charge is 2.21. The van der Waals surface area contributed by atoms with Crippen molar-refractivity contribution < 1.29 is 84.5 Å². The Morgan fingerprint density at radius 1 is 0.493 bits per heavy atom. The Kier molecular flexibility index (Phi) is 42.5. The van der Waals surface area contributed by atoms with E-state index in [0.29, 0.717) is 50.2 Å². The minimum absolute atomic E-state index is 0.0318. The molecule has 0 aliphatic carbocycles. The second-order valence-electron chi connectivity index (χ2n) is 19.7. The van der Waals surface area contributed by atoms with E-state index in [1.807, 2.05) is 34.9 Å². The van der Waals surface area contributed by atoms with Crippen LogP contribution in [-0.2, 0) is 72.0 Å². The molecule has 0 heterocycles. The van der Waals surface area contributed by atoms with E-state index in [-0.39, 0.29) is 128 Å². The van der Waals surface area contributed by atoms with Crippen LogP contribution in [0.2, 0.25) is 0 Å². The number of unbranched alkanes of at least 4 members (excludes halogenated alkanes) is 13. The van der Waals surface area contributed by atoms with Crippen molar-refractivity contribution >= 4 is 45.7 Å². The first-order chi connectivity index (χ1) is 34.7. The molecule has 73 heavy (non-hydrogen) atoms. The van der Waals surface area contributed by atoms with Gasteiger partial charge in [0.15, 0.2) is 0 Å². The Hall–Kier alpha value is -3.55. The Labute approximate surface area is 436 Å². The van der Waals surface area contributed by atoms with Crippen LogP contribution in [0.4, 0.5) is 0 Å². The molecule has 428 valence electrons. The zero-order valence-electron chi connectivity index (χ0n) is 45.1. The molecule has 22 nitrogen and oxygen atoms in total. The minimum Gasteiger partial charge on any atom is -0.481 e. The first kappa shape index (κ1) is 69.5. The van der Waals surface area contributed by atoms with Gasteiger partial charge in [-0.2, -0.15) is 8.42 Å². The van der Waals surface area contributed by atoms with Crippen LogP contribution < -0.4 is 21.3 Å². The number of carbonyl (C=O) groups is 6. The zero-order chi connectivity index (χ0) is 54.5. The Morgan fingerprint density at radius 3 is 1.40 bits per heavy atom. The molecule has 0 aliphatic heterocycles. The summed E-state index contributed by atoms with van der Waals surface area (Å²) in [6.45, 7) is 10.3. The van der Waals surface area contributed by atoms with Gasteiger partial charge in [-0.15, -0.1) is 0 Å². The maximum atomic E-state index is 12.6. The number of ether oxygens (including phenoxy) is 7. The van der Waals surface area contributed by atoms with Crippen LogP contribution >= 0.6 is 0 Å². The number of nitrogens with zero attached hydrogens (tertiary/aromatic N) is 1. The van der Waals surface area contributed by atoms with E-state index in [4.69, 9.17) is 38.3 Å². The molecule has 0 saturated carbocycles. The molecule has 0 saturated heterocycles. The van der Waals surface area contributed by atoms with Gasteiger partial charge in [-0.3, -0.25) is 33.3 Å². The van der Waals surface area contributed by atoms with Crippen LogP contribution in [0.5, 0.6) is 0 Å². The molecule has 1 unspecified atom stereocenters. The molecule has 0 aliphatic rings. The Morgan fingerprint density at radius 2 is 0.918 bits per heavy atom. The molecule has 0 aromatic rings. The molecule has 0 aromatic heterocycles. The van der Waals surface area contributed by atoms with Crippen LogP contribution in [0.25, 0.3) is 0 Å². The number of carboxylic acid groups (broad SMARTS) is 1. The highest BCUT2D eigenvalue weighted by Crippen LogP contribution is 2.15. The van der Waals surface area contributed by atoms with Crippen molar-refractivity contribution in [3.63, 3.8) is 0 Å². The van der Waals surface area contributed by atoms with Gasteiger partial charge >= 0.3 is 11.9 Å². The van der Waals surface area contributed by atoms with Crippen molar-refractivity contribution in [2.45, 2.75) is 154 Å². The van der Waals surface area contributed by atoms with E-state index in [1.54, 1.807) is 0 Å². The fraction of sp³-hybridized carbons (Fsp3) is 0.880. The van der Waals surface area contributed by atoms with Gasteiger partial charge in [0.25, 0.3) is 10.1 Å². The third-order valence-corrected chi connectivity index (χ3v) is 11.8. The number of carboxylic acids is 1. The number of esters is 1. The number of aliphatic carboxylic acids is 1. The maximum Gasteiger partial charge on any atom is 0.306 e. The van der Waals surface area contributed by atoms with Gasteiger partial charge in [0.05, 0.1) is 105 Å². The summed E-state index contributed by atoms with van der Waals surface area (Å²) in [7, 11) is -0.332. The Bertz CT molecular complexity index is 1580. The largest absolute Gasteiger partial charge is 0.481 e. The topological polar surface area (TPSA) is 290 Å². The minimum atomic E-state index is -4.38. The van der Waals surface area contributed by atoms with Crippen molar-refractivity contribution in [2.75, 3.05) is 132 Å². The smallest absolute Gasteiger partial charge is 0.306 e. The predicted molar refractivity (Wildman–Crippen MR) is 275 cm³/mol. The fourth-order valence-electron chi connectivity index (χ4n) is 7.01. The molecule has 23 heteroatoms. The monoisotopic (exact) mass is 1070 g/mol. The van der Waals surface area contributed by atoms with Gasteiger partial charge in [-0.1, -0.05) is 77.0 Å². The summed E-state index contributed by atoms with van der Waals surface area (Å²) >= 11 is 0. The zero-order valence-corrected chi connectivity index (χ0v) is 45.9. The van der Waals surface area contributed by atoms with Gasteiger partial charge in [0.1, 0.15) is 25.4 Å². The summed E-state index contributed by atoms with van der Waals surface area (Å²) in [5, 5.41) is 19.4. The number of hydrogen-bond donors (Lipinski definition) is 6. The summed E-state index contributed by atoms with van der Waals surface area (Å²) in [4.78, 5) is 71.3. The molecule has 0 fully saturated rings. The predicted octanol–water partition coefficient (Wildman–Crippen LogP) is 3.72. The normalized spacial score (nSPS) is 12.3. The molecule has 0 rings (SSSR count). The number of nitrogens with one attached hydrogen (secondary N) is 4. The highest BCUT2D eigenvalue weighted by molar-refractivity contribution is 7.85. The summed E-state index contributed by atoms with van der Waals surface area (Å²) < 4.78 is 70.8. The van der Waals surface area contributed by atoms with Gasteiger partial charge in [0.2, 0.25) is 23.6 Å². The quantitative estimate of drug-likeness (QED) is 0.0219. The molecule has 0 radical (unpaired) electrons. The standard InChI is InChI=1S/C50H95N5O17S/c1-50(2,3)72-49(62)21-19-17-15-13-11-9-7-6-8-10-12-14-16-18-20-45(57)54-43(42-73(63,64)65)22-23-44(56)52-26-31-67-36-39-71-41-47(59)53-27-32-68-37-38-70-40-46(58)51-25-28-55(4,5)29-33-69-35-34-66-30-24-48(60)61/h43H,6-42H2,1-5H3,(H5-,51,52,53,54,56,57,58,59,60,61,63,64,65)/p+1. The summed E-state index contributed by atoms with van der Waals surface area (Å²) in [6, 6.07) is -0.908. The van der Waals surface area contributed by atoms with E-state index >= 15 is 0 Å². The van der Waals surface area contributed by atoms with E-state index in [2.05, 4.69) is 21.3 Å². The van der Waals surface area contributed by atoms with Crippen LogP contribution in [0, 0.1) is 0 Å². The third kappa shape index (κ3) is 53.1. The summed E-state index contributed by atoms with van der Waals surface area (Å²) in [5.41, 5.74) is -0.420. The van der Waals surface area contributed by atoms with Crippen molar-refractivity contribution in [1.29, 1.82) is 0 Å². The lowest BCUT2D eigenvalue weighted by atomic mass is 10.0. The SMILES string of the molecule is CC(C)(C)OC(=O)CCCCCCCCCCCCCCCCC(=O)NC(CCC(=O)NCCOCCOCC(=O)NCCOCCOCC(=O)NCC[N+](C)(C)CCOCCOCCC(=O)O)CS(=O)(=O)O. The summed E-state index contributed by atoms with van der Waals surface area (Å²) in [5.74, 6) is -2.96. The van der Waals surface area contributed by atoms with E-state index in [1.165, 1.54) is 38.5 Å². The van der Waals surface area contributed by atoms with Crippen molar-refractivity contribution in [3.05, 3.63) is 0 Å². The van der Waals surface area contributed by atoms with E-state index in [9.17, 15) is 41.7 Å². The molecule has 0 aromatic carbocycles. The van der Waals surface area contributed by atoms with Gasteiger partial charge in [-0.05, 0) is 40.0 Å². The van der Waals surface area contributed by atoms with Crippen LogP contribution in [0.3, 0.4) is 0 Å². The lowest BCUT2D eigenvalue weighted by Gasteiger charge is -2.29. The van der Waals surface area contributed by atoms with Crippen molar-refractivity contribution in [2.24, 2.45) is 0 Å². The number of hydrogen-bond acceptors (Lipinski definition) is 15. The molecule has 0 bridgehead atoms. The van der Waals surface area contributed by atoms with Crippen molar-refractivity contribution in [3.8, 4) is 0 Å². The fourth-order valence-corrected chi connectivity index (χ4v) is 7.77. The third-order valence-electron chi connectivity index (χ3n) is 11.0. The Balaban J connectivity index is 3.81. The first-order valence-electron chi connectivity index (χ1n) is 26.4. The van der Waals surface area contributed by atoms with Crippen molar-refractivity contribution in [1.82, 2.24) is 21.3 Å². The number of amides is 4. The molecular weight excluding hydrogens is 975 g/mol. The van der Waals surface area contributed by atoms with Crippen LogP contribution in [-0.4, -0.2) is 202 Å². The maximum absolute atomic E-state index is 12.6. The first-order valence-corrected chi connectivity index (χ1v) is 28.0. The highest BCUT2D eigenvalue weighted by atomic mass is 32.2. The lowest BCUT2D eigenvalue weighted by molar-refractivity contribution is -0.889. The molecule has 4 amide bonds. The number of likely N-dealkylation sites (N-methyl/N-ethyl adjacent to an activating group) is 1. The lowest BCUT2D eigenvalue weighted by Crippen LogP contribution is -2.47. The van der Waals surface area contributed by atoms with E-state index in [0.717, 1.165) is 51.5 Å². The molecule has 0 spiro atoms. The van der Waals surface area contributed by atoms with Crippen LogP contribution in [0.15, 0.2) is 0 Å². The molecular formula is C50H96N5O17S+.